The van der Waals surface area contributed by atoms with Crippen molar-refractivity contribution in [3.05, 3.63) is 29.3 Å². The van der Waals surface area contributed by atoms with E-state index in [1.54, 1.807) is 0 Å². The van der Waals surface area contributed by atoms with Gasteiger partial charge in [-0.1, -0.05) is 12.8 Å². The average molecular weight is 290 g/mol. The topological polar surface area (TPSA) is 141 Å². The molecular formula is C14H18N4O3. The lowest BCUT2D eigenvalue weighted by molar-refractivity contribution is -0.121. The molecule has 21 heavy (non-hydrogen) atoms. The van der Waals surface area contributed by atoms with Crippen LogP contribution in [0.1, 0.15) is 46.4 Å². The van der Waals surface area contributed by atoms with Crippen LogP contribution in [0, 0.1) is 0 Å². The minimum absolute atomic E-state index is 0.0964. The largest absolute Gasteiger partial charge is 0.366 e. The van der Waals surface area contributed by atoms with E-state index >= 15 is 0 Å². The zero-order valence-corrected chi connectivity index (χ0v) is 11.5. The van der Waals surface area contributed by atoms with Gasteiger partial charge in [0.05, 0.1) is 5.54 Å². The molecule has 0 spiro atoms. The van der Waals surface area contributed by atoms with Crippen molar-refractivity contribution >= 4 is 23.4 Å². The Balaban J connectivity index is 2.28. The summed E-state index contributed by atoms with van der Waals surface area (Å²) in [5, 5.41) is 2.64. The highest BCUT2D eigenvalue weighted by Gasteiger charge is 2.37. The molecule has 0 atom stereocenters. The highest BCUT2D eigenvalue weighted by molar-refractivity contribution is 6.03. The van der Waals surface area contributed by atoms with Gasteiger partial charge in [-0.2, -0.15) is 0 Å². The number of hydrogen-bond acceptors (Lipinski definition) is 4. The van der Waals surface area contributed by atoms with Crippen LogP contribution >= 0.6 is 0 Å². The lowest BCUT2D eigenvalue weighted by Crippen LogP contribution is -2.48. The lowest BCUT2D eigenvalue weighted by Gasteiger charge is -2.22. The van der Waals surface area contributed by atoms with Crippen LogP contribution in [0.4, 0.5) is 5.69 Å². The van der Waals surface area contributed by atoms with E-state index in [0.29, 0.717) is 12.8 Å². The first-order valence-corrected chi connectivity index (χ1v) is 6.67. The van der Waals surface area contributed by atoms with Crippen LogP contribution in [0.25, 0.3) is 0 Å². The van der Waals surface area contributed by atoms with Crippen molar-refractivity contribution in [1.29, 1.82) is 0 Å². The van der Waals surface area contributed by atoms with E-state index < -0.39 is 17.4 Å². The second kappa shape index (κ2) is 5.53. The second-order valence-corrected chi connectivity index (χ2v) is 5.34. The third kappa shape index (κ3) is 3.19. The first kappa shape index (κ1) is 15.0. The van der Waals surface area contributed by atoms with Gasteiger partial charge >= 0.3 is 0 Å². The first-order chi connectivity index (χ1) is 9.82. The lowest BCUT2D eigenvalue weighted by atomic mass is 9.97. The van der Waals surface area contributed by atoms with Crippen LogP contribution in [-0.4, -0.2) is 23.3 Å². The summed E-state index contributed by atoms with van der Waals surface area (Å²) < 4.78 is 0. The predicted molar refractivity (Wildman–Crippen MR) is 77.5 cm³/mol. The molecule has 0 aromatic heterocycles. The summed E-state index contributed by atoms with van der Waals surface area (Å²) in [6, 6.07) is 4.07. The highest BCUT2D eigenvalue weighted by atomic mass is 16.2. The molecular weight excluding hydrogens is 272 g/mol. The number of carbonyl (C=O) groups is 3. The molecule has 0 heterocycles. The molecule has 0 saturated heterocycles. The Morgan fingerprint density at radius 1 is 0.952 bits per heavy atom. The molecule has 0 bridgehead atoms. The van der Waals surface area contributed by atoms with E-state index in [4.69, 9.17) is 17.2 Å². The first-order valence-electron chi connectivity index (χ1n) is 6.67. The zero-order chi connectivity index (χ0) is 15.6. The van der Waals surface area contributed by atoms with Crippen molar-refractivity contribution in [2.24, 2.45) is 17.2 Å². The van der Waals surface area contributed by atoms with E-state index in [0.717, 1.165) is 12.8 Å². The van der Waals surface area contributed by atoms with Crippen LogP contribution in [0.15, 0.2) is 18.2 Å². The normalized spacial score (nSPS) is 16.4. The number of rotatable bonds is 4. The molecule has 0 unspecified atom stereocenters. The molecule has 0 aliphatic heterocycles. The maximum atomic E-state index is 12.2. The number of carbonyl (C=O) groups excluding carboxylic acids is 3. The number of primary amides is 2. The third-order valence-electron chi connectivity index (χ3n) is 3.71. The second-order valence-electron chi connectivity index (χ2n) is 5.34. The van der Waals surface area contributed by atoms with Crippen molar-refractivity contribution in [2.75, 3.05) is 5.32 Å². The smallest absolute Gasteiger partial charge is 0.248 e. The Morgan fingerprint density at radius 2 is 1.43 bits per heavy atom. The molecule has 3 amide bonds. The zero-order valence-electron chi connectivity index (χ0n) is 11.5. The van der Waals surface area contributed by atoms with Gasteiger partial charge in [-0.25, -0.2) is 0 Å². The molecule has 7 N–H and O–H groups in total. The third-order valence-corrected chi connectivity index (χ3v) is 3.71. The van der Waals surface area contributed by atoms with Crippen molar-refractivity contribution in [1.82, 2.24) is 0 Å². The van der Waals surface area contributed by atoms with Gasteiger partial charge in [0.2, 0.25) is 17.7 Å². The maximum absolute atomic E-state index is 12.2. The summed E-state index contributed by atoms with van der Waals surface area (Å²) >= 11 is 0. The van der Waals surface area contributed by atoms with Crippen molar-refractivity contribution in [2.45, 2.75) is 31.2 Å². The SMILES string of the molecule is NC(=O)c1cc(NC(=O)C2(N)CCCC2)cc(C(N)=O)c1. The molecule has 1 aliphatic rings. The van der Waals surface area contributed by atoms with Gasteiger partial charge in [0.1, 0.15) is 0 Å². The van der Waals surface area contributed by atoms with Crippen molar-refractivity contribution in [3.63, 3.8) is 0 Å². The van der Waals surface area contributed by atoms with E-state index in [2.05, 4.69) is 5.32 Å². The van der Waals surface area contributed by atoms with Crippen LogP contribution in [0.2, 0.25) is 0 Å². The number of nitrogens with one attached hydrogen (secondary N) is 1. The van der Waals surface area contributed by atoms with Gasteiger partial charge in [-0.15, -0.1) is 0 Å². The van der Waals surface area contributed by atoms with E-state index in [1.165, 1.54) is 18.2 Å². The van der Waals surface area contributed by atoms with Gasteiger partial charge in [0.25, 0.3) is 0 Å². The van der Waals surface area contributed by atoms with Crippen LogP contribution < -0.4 is 22.5 Å². The number of amides is 3. The minimum atomic E-state index is -0.907. The Hall–Kier alpha value is -2.41. The van der Waals surface area contributed by atoms with Crippen LogP contribution in [0.5, 0.6) is 0 Å². The molecule has 112 valence electrons. The van der Waals surface area contributed by atoms with Gasteiger partial charge < -0.3 is 22.5 Å². The van der Waals surface area contributed by atoms with Gasteiger partial charge in [0.15, 0.2) is 0 Å². The quantitative estimate of drug-likeness (QED) is 0.623. The summed E-state index contributed by atoms with van der Waals surface area (Å²) in [4.78, 5) is 34.8. The summed E-state index contributed by atoms with van der Waals surface area (Å²) in [5.74, 6) is -1.76. The summed E-state index contributed by atoms with van der Waals surface area (Å²) in [5.41, 5.74) is 16.0. The average Bonchev–Trinajstić information content (AvgIpc) is 2.86. The molecule has 1 aromatic rings. The highest BCUT2D eigenvalue weighted by Crippen LogP contribution is 2.28. The molecule has 7 heteroatoms. The fourth-order valence-electron chi connectivity index (χ4n) is 2.47. The molecule has 0 radical (unpaired) electrons. The number of hydrogen-bond donors (Lipinski definition) is 4. The monoisotopic (exact) mass is 290 g/mol. The summed E-state index contributed by atoms with van der Waals surface area (Å²) in [6.45, 7) is 0. The molecule has 7 nitrogen and oxygen atoms in total. The van der Waals surface area contributed by atoms with Crippen LogP contribution in [0.3, 0.4) is 0 Å². The Bertz CT molecular complexity index is 574. The molecule has 1 fully saturated rings. The van der Waals surface area contributed by atoms with Crippen LogP contribution in [-0.2, 0) is 4.79 Å². The fourth-order valence-corrected chi connectivity index (χ4v) is 2.47. The van der Waals surface area contributed by atoms with Gasteiger partial charge in [-0.3, -0.25) is 14.4 Å². The van der Waals surface area contributed by atoms with Gasteiger partial charge in [0, 0.05) is 16.8 Å². The number of anilines is 1. The number of benzene rings is 1. The minimum Gasteiger partial charge on any atom is -0.366 e. The molecule has 1 aliphatic carbocycles. The molecule has 1 saturated carbocycles. The fraction of sp³-hybridized carbons (Fsp3) is 0.357. The molecule has 2 rings (SSSR count). The van der Waals surface area contributed by atoms with E-state index in [-0.39, 0.29) is 22.7 Å². The van der Waals surface area contributed by atoms with Gasteiger partial charge in [-0.05, 0) is 31.0 Å². The Morgan fingerprint density at radius 3 is 1.86 bits per heavy atom. The summed E-state index contributed by atoms with van der Waals surface area (Å²) in [6.07, 6.45) is 3.02. The van der Waals surface area contributed by atoms with E-state index in [1.807, 2.05) is 0 Å². The van der Waals surface area contributed by atoms with Crippen molar-refractivity contribution < 1.29 is 14.4 Å². The van der Waals surface area contributed by atoms with E-state index in [9.17, 15) is 14.4 Å². The predicted octanol–water partition coefficient (Wildman–Crippen LogP) is 0.0944. The standard InChI is InChI=1S/C14H18N4O3/c15-11(19)8-5-9(12(16)20)7-10(6-8)18-13(21)14(17)3-1-2-4-14/h5-7H,1-4,17H2,(H2,15,19)(H2,16,20)(H,18,21). The van der Waals surface area contributed by atoms with Crippen molar-refractivity contribution in [3.8, 4) is 0 Å². The number of nitrogens with two attached hydrogens (primary N) is 3. The Kier molecular flexibility index (Phi) is 3.95. The molecule has 1 aromatic carbocycles. The summed E-state index contributed by atoms with van der Waals surface area (Å²) in [7, 11) is 0. The Labute approximate surface area is 121 Å². The maximum Gasteiger partial charge on any atom is 0.248 e.